The number of ether oxygens (including phenoxy) is 1. The minimum atomic E-state index is -5.95. The van der Waals surface area contributed by atoms with Crippen LogP contribution < -0.4 is 0 Å². The predicted octanol–water partition coefficient (Wildman–Crippen LogP) is 6.04. The van der Waals surface area contributed by atoms with E-state index in [9.17, 15) is 36.2 Å². The van der Waals surface area contributed by atoms with E-state index >= 15 is 0 Å². The first-order valence-corrected chi connectivity index (χ1v) is 9.25. The highest BCUT2D eigenvalue weighted by molar-refractivity contribution is 5.76. The molecule has 28 heavy (non-hydrogen) atoms. The van der Waals surface area contributed by atoms with Crippen LogP contribution in [0, 0.1) is 16.7 Å². The third-order valence-corrected chi connectivity index (χ3v) is 4.66. The second-order valence-corrected chi connectivity index (χ2v) is 9.37. The SMILES string of the molecule is CCC(C)(CC(C)(C)C)C(=O)OC(CC(C)C)CC(O)(C(F)(F)F)C(F)(F)F. The number of hydrogen-bond donors (Lipinski definition) is 1. The van der Waals surface area contributed by atoms with E-state index < -0.39 is 41.9 Å². The molecule has 0 aromatic rings. The van der Waals surface area contributed by atoms with Crippen molar-refractivity contribution in [1.82, 2.24) is 0 Å². The van der Waals surface area contributed by atoms with Crippen LogP contribution in [-0.4, -0.2) is 35.1 Å². The molecular weight excluding hydrogens is 390 g/mol. The zero-order valence-electron chi connectivity index (χ0n) is 17.5. The number of halogens is 6. The van der Waals surface area contributed by atoms with Crippen molar-refractivity contribution >= 4 is 5.97 Å². The topological polar surface area (TPSA) is 46.5 Å². The molecule has 1 N–H and O–H groups in total. The van der Waals surface area contributed by atoms with Crippen molar-refractivity contribution in [2.24, 2.45) is 16.7 Å². The second-order valence-electron chi connectivity index (χ2n) is 9.37. The Morgan fingerprint density at radius 1 is 0.964 bits per heavy atom. The molecule has 0 saturated carbocycles. The average Bonchev–Trinajstić information content (AvgIpc) is 2.41. The molecule has 0 amide bonds. The number of carbonyl (C=O) groups excluding carboxylic acids is 1. The van der Waals surface area contributed by atoms with Crippen molar-refractivity contribution in [2.75, 3.05) is 0 Å². The molecule has 3 nitrogen and oxygen atoms in total. The molecule has 2 atom stereocenters. The first-order chi connectivity index (χ1) is 12.2. The van der Waals surface area contributed by atoms with E-state index in [-0.39, 0.29) is 17.8 Å². The molecule has 0 heterocycles. The van der Waals surface area contributed by atoms with Crippen LogP contribution in [-0.2, 0) is 9.53 Å². The van der Waals surface area contributed by atoms with Gasteiger partial charge in [0.15, 0.2) is 0 Å². The minimum Gasteiger partial charge on any atom is -0.462 e. The van der Waals surface area contributed by atoms with Gasteiger partial charge >= 0.3 is 18.3 Å². The zero-order valence-corrected chi connectivity index (χ0v) is 17.5. The third kappa shape index (κ3) is 7.12. The summed E-state index contributed by atoms with van der Waals surface area (Å²) in [6.45, 7) is 12.0. The molecule has 0 aromatic heterocycles. The Morgan fingerprint density at radius 3 is 1.68 bits per heavy atom. The lowest BCUT2D eigenvalue weighted by atomic mass is 9.73. The standard InChI is InChI=1S/C19H32F6O3/c1-8-16(7,11-15(4,5)6)14(26)28-13(9-12(2)3)10-17(27,18(20,21)22)19(23,24)25/h12-13,27H,8-11H2,1-7H3. The third-order valence-electron chi connectivity index (χ3n) is 4.66. The predicted molar refractivity (Wildman–Crippen MR) is 93.5 cm³/mol. The van der Waals surface area contributed by atoms with E-state index in [0.29, 0.717) is 12.8 Å². The van der Waals surface area contributed by atoms with Crippen molar-refractivity contribution in [2.45, 2.75) is 98.2 Å². The van der Waals surface area contributed by atoms with Gasteiger partial charge < -0.3 is 9.84 Å². The van der Waals surface area contributed by atoms with Crippen molar-refractivity contribution in [3.8, 4) is 0 Å². The van der Waals surface area contributed by atoms with Gasteiger partial charge in [-0.2, -0.15) is 26.3 Å². The monoisotopic (exact) mass is 422 g/mol. The first-order valence-electron chi connectivity index (χ1n) is 9.25. The summed E-state index contributed by atoms with van der Waals surface area (Å²) in [6, 6.07) is 0. The van der Waals surface area contributed by atoms with Gasteiger partial charge in [0.25, 0.3) is 5.60 Å². The van der Waals surface area contributed by atoms with Crippen LogP contribution in [0.3, 0.4) is 0 Å². The lowest BCUT2D eigenvalue weighted by Gasteiger charge is -2.37. The highest BCUT2D eigenvalue weighted by atomic mass is 19.4. The number of aliphatic hydroxyl groups is 1. The summed E-state index contributed by atoms with van der Waals surface area (Å²) >= 11 is 0. The first kappa shape index (κ1) is 27.0. The van der Waals surface area contributed by atoms with Gasteiger partial charge in [-0.05, 0) is 37.5 Å². The maximum atomic E-state index is 13.0. The Hall–Kier alpha value is -0.990. The molecule has 0 spiro atoms. The maximum absolute atomic E-state index is 13.0. The fraction of sp³-hybridized carbons (Fsp3) is 0.947. The van der Waals surface area contributed by atoms with Crippen LogP contribution in [0.1, 0.15) is 74.1 Å². The van der Waals surface area contributed by atoms with Gasteiger partial charge in [-0.15, -0.1) is 0 Å². The molecule has 0 aliphatic heterocycles. The molecule has 168 valence electrons. The van der Waals surface area contributed by atoms with E-state index in [1.165, 1.54) is 0 Å². The second kappa shape index (κ2) is 8.79. The molecule has 2 unspecified atom stereocenters. The van der Waals surface area contributed by atoms with E-state index in [1.54, 1.807) is 27.7 Å². The molecule has 0 radical (unpaired) electrons. The van der Waals surface area contributed by atoms with Crippen molar-refractivity contribution in [1.29, 1.82) is 0 Å². The van der Waals surface area contributed by atoms with E-state index in [4.69, 9.17) is 4.74 Å². The molecule has 0 fully saturated rings. The number of hydrogen-bond acceptors (Lipinski definition) is 3. The van der Waals surface area contributed by atoms with Gasteiger partial charge in [0, 0.05) is 6.42 Å². The number of esters is 1. The van der Waals surface area contributed by atoms with Crippen LogP contribution in [0.2, 0.25) is 0 Å². The molecule has 0 rings (SSSR count). The number of rotatable bonds is 8. The molecule has 0 aromatic carbocycles. The summed E-state index contributed by atoms with van der Waals surface area (Å²) in [5.41, 5.74) is -6.33. The zero-order chi connectivity index (χ0) is 22.8. The number of carbonyl (C=O) groups is 1. The van der Waals surface area contributed by atoms with Crippen molar-refractivity contribution < 1.29 is 41.0 Å². The van der Waals surface area contributed by atoms with Gasteiger partial charge in [0.2, 0.25) is 0 Å². The smallest absolute Gasteiger partial charge is 0.426 e. The molecule has 0 saturated heterocycles. The molecular formula is C19H32F6O3. The fourth-order valence-electron chi connectivity index (χ4n) is 3.23. The highest BCUT2D eigenvalue weighted by Crippen LogP contribution is 2.47. The van der Waals surface area contributed by atoms with Crippen LogP contribution in [0.15, 0.2) is 0 Å². The van der Waals surface area contributed by atoms with Crippen molar-refractivity contribution in [3.05, 3.63) is 0 Å². The van der Waals surface area contributed by atoms with Gasteiger partial charge in [-0.1, -0.05) is 41.5 Å². The summed E-state index contributed by atoms with van der Waals surface area (Å²) in [6.07, 6.45) is -15.0. The number of alkyl halides is 6. The summed E-state index contributed by atoms with van der Waals surface area (Å²) < 4.78 is 83.4. The van der Waals surface area contributed by atoms with Crippen molar-refractivity contribution in [3.63, 3.8) is 0 Å². The largest absolute Gasteiger partial charge is 0.462 e. The highest BCUT2D eigenvalue weighted by Gasteiger charge is 2.71. The molecule has 0 bridgehead atoms. The summed E-state index contributed by atoms with van der Waals surface area (Å²) in [7, 11) is 0. The lowest BCUT2D eigenvalue weighted by Crippen LogP contribution is -2.59. The van der Waals surface area contributed by atoms with E-state index in [1.807, 2.05) is 20.8 Å². The lowest BCUT2D eigenvalue weighted by molar-refractivity contribution is -0.374. The molecule has 0 aliphatic rings. The summed E-state index contributed by atoms with van der Waals surface area (Å²) in [5, 5.41) is 9.49. The average molecular weight is 422 g/mol. The Balaban J connectivity index is 5.79. The van der Waals surface area contributed by atoms with Crippen LogP contribution in [0.4, 0.5) is 26.3 Å². The minimum absolute atomic E-state index is 0.241. The Morgan fingerprint density at radius 2 is 1.39 bits per heavy atom. The maximum Gasteiger partial charge on any atom is 0.426 e. The van der Waals surface area contributed by atoms with E-state index in [0.717, 1.165) is 0 Å². The summed E-state index contributed by atoms with van der Waals surface area (Å²) in [4.78, 5) is 12.7. The fourth-order valence-corrected chi connectivity index (χ4v) is 3.23. The van der Waals surface area contributed by atoms with Crippen LogP contribution >= 0.6 is 0 Å². The Kier molecular flexibility index (Phi) is 8.48. The van der Waals surface area contributed by atoms with Gasteiger partial charge in [0.1, 0.15) is 6.10 Å². The molecule has 9 heteroatoms. The van der Waals surface area contributed by atoms with Gasteiger partial charge in [-0.3, -0.25) is 4.79 Å². The van der Waals surface area contributed by atoms with Gasteiger partial charge in [-0.25, -0.2) is 0 Å². The Bertz CT molecular complexity index is 505. The quantitative estimate of drug-likeness (QED) is 0.383. The molecule has 0 aliphatic carbocycles. The van der Waals surface area contributed by atoms with E-state index in [2.05, 4.69) is 0 Å². The van der Waals surface area contributed by atoms with Crippen LogP contribution in [0.25, 0.3) is 0 Å². The van der Waals surface area contributed by atoms with Crippen LogP contribution in [0.5, 0.6) is 0 Å². The normalized spacial score (nSPS) is 17.4. The summed E-state index contributed by atoms with van der Waals surface area (Å²) in [5.74, 6) is -1.21. The van der Waals surface area contributed by atoms with Gasteiger partial charge in [0.05, 0.1) is 5.41 Å². The Labute approximate surface area is 162 Å².